The number of rotatable bonds is 11. The second-order valence-electron chi connectivity index (χ2n) is 5.48. The van der Waals surface area contributed by atoms with Crippen molar-refractivity contribution in [1.29, 1.82) is 0 Å². The Bertz CT molecular complexity index is 272. The van der Waals surface area contributed by atoms with Crippen LogP contribution in [-0.2, 0) is 0 Å². The molecule has 1 heterocycles. The molecule has 1 atom stereocenters. The summed E-state index contributed by atoms with van der Waals surface area (Å²) in [5.41, 5.74) is 0. The molecule has 0 aliphatic heterocycles. The molecule has 1 aromatic rings. The molecule has 19 heavy (non-hydrogen) atoms. The monoisotopic (exact) mass is 330 g/mol. The van der Waals surface area contributed by atoms with Gasteiger partial charge in [0.25, 0.3) is 0 Å². The second-order valence-corrected chi connectivity index (χ2v) is 5.48. The largest absolute Gasteiger partial charge is 0.335 e. The van der Waals surface area contributed by atoms with E-state index in [1.54, 1.807) is 0 Å². The lowest BCUT2D eigenvalue weighted by Gasteiger charge is -2.12. The van der Waals surface area contributed by atoms with Gasteiger partial charge in [0, 0.05) is 18.4 Å². The maximum absolute atomic E-state index is 4.10. The average molecular weight is 331 g/mol. The van der Waals surface area contributed by atoms with E-state index >= 15 is 0 Å². The summed E-state index contributed by atoms with van der Waals surface area (Å²) in [4.78, 5) is 4.10. The zero-order valence-electron chi connectivity index (χ0n) is 12.7. The van der Waals surface area contributed by atoms with Crippen LogP contribution in [0.1, 0.15) is 84.1 Å². The van der Waals surface area contributed by atoms with Gasteiger partial charge < -0.3 is 4.57 Å². The number of aromatic nitrogens is 2. The Morgan fingerprint density at radius 1 is 0.947 bits per heavy atom. The van der Waals surface area contributed by atoms with E-state index in [0.717, 1.165) is 0 Å². The van der Waals surface area contributed by atoms with Gasteiger partial charge in [0.1, 0.15) is 0 Å². The van der Waals surface area contributed by atoms with E-state index in [0.29, 0.717) is 6.04 Å². The van der Waals surface area contributed by atoms with Crippen LogP contribution >= 0.6 is 17.0 Å². The summed E-state index contributed by atoms with van der Waals surface area (Å²) in [6.07, 6.45) is 19.8. The molecule has 112 valence electrons. The third-order valence-electron chi connectivity index (χ3n) is 3.76. The Kier molecular flexibility index (Phi) is 12.5. The lowest BCUT2D eigenvalue weighted by molar-refractivity contribution is 0.465. The van der Waals surface area contributed by atoms with E-state index in [9.17, 15) is 0 Å². The minimum absolute atomic E-state index is 0. The van der Waals surface area contributed by atoms with Crippen molar-refractivity contribution in [2.45, 2.75) is 84.1 Å². The molecule has 0 aromatic carbocycles. The molecule has 0 amide bonds. The van der Waals surface area contributed by atoms with Crippen molar-refractivity contribution in [2.75, 3.05) is 0 Å². The van der Waals surface area contributed by atoms with E-state index in [1.807, 2.05) is 12.5 Å². The Morgan fingerprint density at radius 2 is 1.53 bits per heavy atom. The molecule has 0 bridgehead atoms. The van der Waals surface area contributed by atoms with E-state index in [2.05, 4.69) is 29.6 Å². The molecular weight excluding hydrogens is 300 g/mol. The van der Waals surface area contributed by atoms with Crippen molar-refractivity contribution in [3.63, 3.8) is 0 Å². The molecule has 0 fully saturated rings. The number of hydrogen-bond donors (Lipinski definition) is 0. The lowest BCUT2D eigenvalue weighted by Crippen LogP contribution is -2.01. The quantitative estimate of drug-likeness (QED) is 0.459. The fourth-order valence-corrected chi connectivity index (χ4v) is 2.43. The smallest absolute Gasteiger partial charge is 0.0948 e. The Morgan fingerprint density at radius 3 is 2.05 bits per heavy atom. The first-order valence-corrected chi connectivity index (χ1v) is 7.82. The summed E-state index contributed by atoms with van der Waals surface area (Å²) in [5.74, 6) is 0. The SMILES string of the molecule is Br.CCCCCCCCCCCC(C)n1ccnc1. The summed E-state index contributed by atoms with van der Waals surface area (Å²) >= 11 is 0. The number of nitrogens with zero attached hydrogens (tertiary/aromatic N) is 2. The summed E-state index contributed by atoms with van der Waals surface area (Å²) < 4.78 is 2.21. The van der Waals surface area contributed by atoms with Crippen LogP contribution in [0, 0.1) is 0 Å². The highest BCUT2D eigenvalue weighted by atomic mass is 79.9. The third kappa shape index (κ3) is 9.26. The van der Waals surface area contributed by atoms with Gasteiger partial charge >= 0.3 is 0 Å². The molecule has 0 aliphatic carbocycles. The van der Waals surface area contributed by atoms with Gasteiger partial charge in [-0.15, -0.1) is 17.0 Å². The highest BCUT2D eigenvalue weighted by Crippen LogP contribution is 2.16. The molecule has 1 rings (SSSR count). The zero-order valence-corrected chi connectivity index (χ0v) is 14.4. The normalized spacial score (nSPS) is 12.1. The van der Waals surface area contributed by atoms with Crippen LogP contribution in [0.4, 0.5) is 0 Å². The standard InChI is InChI=1S/C16H30N2.BrH/c1-3-4-5-6-7-8-9-10-11-12-16(2)18-14-13-17-15-18;/h13-16H,3-12H2,1-2H3;1H. The highest BCUT2D eigenvalue weighted by Gasteiger charge is 2.02. The fourth-order valence-electron chi connectivity index (χ4n) is 2.43. The van der Waals surface area contributed by atoms with Gasteiger partial charge in [-0.3, -0.25) is 0 Å². The minimum Gasteiger partial charge on any atom is -0.335 e. The fraction of sp³-hybridized carbons (Fsp3) is 0.812. The van der Waals surface area contributed by atoms with E-state index in [4.69, 9.17) is 0 Å². The van der Waals surface area contributed by atoms with Gasteiger partial charge in [-0.2, -0.15) is 0 Å². The van der Waals surface area contributed by atoms with Crippen LogP contribution in [0.3, 0.4) is 0 Å². The summed E-state index contributed by atoms with van der Waals surface area (Å²) in [5, 5.41) is 0. The predicted molar refractivity (Wildman–Crippen MR) is 89.1 cm³/mol. The van der Waals surface area contributed by atoms with Gasteiger partial charge in [0.15, 0.2) is 0 Å². The molecule has 0 spiro atoms. The van der Waals surface area contributed by atoms with Crippen molar-refractivity contribution in [3.05, 3.63) is 18.7 Å². The molecule has 3 heteroatoms. The van der Waals surface area contributed by atoms with Crippen LogP contribution in [-0.4, -0.2) is 9.55 Å². The predicted octanol–water partition coefficient (Wildman–Crippen LogP) is 5.94. The van der Waals surface area contributed by atoms with Crippen LogP contribution in [0.25, 0.3) is 0 Å². The van der Waals surface area contributed by atoms with E-state index in [1.165, 1.54) is 64.2 Å². The Hall–Kier alpha value is -0.310. The van der Waals surface area contributed by atoms with Gasteiger partial charge in [-0.05, 0) is 13.3 Å². The molecule has 2 nitrogen and oxygen atoms in total. The van der Waals surface area contributed by atoms with Crippen LogP contribution in [0.15, 0.2) is 18.7 Å². The van der Waals surface area contributed by atoms with E-state index < -0.39 is 0 Å². The van der Waals surface area contributed by atoms with Crippen molar-refractivity contribution in [1.82, 2.24) is 9.55 Å². The Labute approximate surface area is 129 Å². The first-order chi connectivity index (χ1) is 8.84. The van der Waals surface area contributed by atoms with Gasteiger partial charge in [0.05, 0.1) is 6.33 Å². The Balaban J connectivity index is 0.00000324. The van der Waals surface area contributed by atoms with Gasteiger partial charge in [-0.25, -0.2) is 4.98 Å². The first-order valence-electron chi connectivity index (χ1n) is 7.82. The maximum atomic E-state index is 4.10. The lowest BCUT2D eigenvalue weighted by atomic mass is 10.0. The molecule has 0 saturated heterocycles. The van der Waals surface area contributed by atoms with Gasteiger partial charge in [-0.1, -0.05) is 64.7 Å². The average Bonchev–Trinajstić information content (AvgIpc) is 2.90. The van der Waals surface area contributed by atoms with Crippen molar-refractivity contribution >= 4 is 17.0 Å². The topological polar surface area (TPSA) is 17.8 Å². The molecule has 1 aromatic heterocycles. The van der Waals surface area contributed by atoms with Crippen LogP contribution in [0.2, 0.25) is 0 Å². The number of unbranched alkanes of at least 4 members (excludes halogenated alkanes) is 8. The van der Waals surface area contributed by atoms with Crippen molar-refractivity contribution in [2.24, 2.45) is 0 Å². The third-order valence-corrected chi connectivity index (χ3v) is 3.76. The summed E-state index contributed by atoms with van der Waals surface area (Å²) in [6.45, 7) is 4.56. The number of hydrogen-bond acceptors (Lipinski definition) is 1. The van der Waals surface area contributed by atoms with E-state index in [-0.39, 0.29) is 17.0 Å². The first kappa shape index (κ1) is 18.7. The van der Waals surface area contributed by atoms with Crippen molar-refractivity contribution in [3.8, 4) is 0 Å². The molecule has 1 unspecified atom stereocenters. The van der Waals surface area contributed by atoms with Gasteiger partial charge in [0.2, 0.25) is 0 Å². The zero-order chi connectivity index (χ0) is 13.1. The number of imidazole rings is 1. The molecule has 0 saturated carbocycles. The number of halogens is 1. The minimum atomic E-state index is 0. The molecule has 0 aliphatic rings. The highest BCUT2D eigenvalue weighted by molar-refractivity contribution is 8.93. The van der Waals surface area contributed by atoms with Crippen molar-refractivity contribution < 1.29 is 0 Å². The maximum Gasteiger partial charge on any atom is 0.0948 e. The molecular formula is C16H31BrN2. The van der Waals surface area contributed by atoms with Crippen LogP contribution < -0.4 is 0 Å². The molecule has 0 N–H and O–H groups in total. The van der Waals surface area contributed by atoms with Crippen LogP contribution in [0.5, 0.6) is 0 Å². The molecule has 0 radical (unpaired) electrons. The second kappa shape index (κ2) is 12.7. The summed E-state index contributed by atoms with van der Waals surface area (Å²) in [7, 11) is 0. The summed E-state index contributed by atoms with van der Waals surface area (Å²) in [6, 6.07) is 0.608.